The summed E-state index contributed by atoms with van der Waals surface area (Å²) in [5.41, 5.74) is 1.13. The molecule has 0 saturated carbocycles. The fourth-order valence-electron chi connectivity index (χ4n) is 3.08. The van der Waals surface area contributed by atoms with E-state index >= 15 is 0 Å². The Labute approximate surface area is 204 Å². The highest BCUT2D eigenvalue weighted by atomic mass is 32.2. The Kier molecular flexibility index (Phi) is 8.45. The van der Waals surface area contributed by atoms with E-state index in [1.165, 1.54) is 45.4 Å². The molecule has 0 fully saturated rings. The highest BCUT2D eigenvalue weighted by molar-refractivity contribution is 7.89. The maximum absolute atomic E-state index is 12.7. The zero-order valence-electron chi connectivity index (χ0n) is 19.5. The van der Waals surface area contributed by atoms with Crippen LogP contribution in [0.3, 0.4) is 0 Å². The zero-order chi connectivity index (χ0) is 25.4. The fraction of sp³-hybridized carbons (Fsp3) is 0.200. The number of carbonyl (C=O) groups is 2. The minimum absolute atomic E-state index is 0.00815. The molecule has 3 aromatic carbocycles. The van der Waals surface area contributed by atoms with Gasteiger partial charge in [-0.25, -0.2) is 17.9 Å². The lowest BCUT2D eigenvalue weighted by Crippen LogP contribution is -2.30. The number of methoxy groups -OCH3 is 2. The lowest BCUT2D eigenvalue weighted by Gasteiger charge is -2.16. The van der Waals surface area contributed by atoms with Gasteiger partial charge in [-0.3, -0.25) is 4.79 Å². The minimum Gasteiger partial charge on any atom is -0.497 e. The summed E-state index contributed by atoms with van der Waals surface area (Å²) < 4.78 is 43.5. The lowest BCUT2D eigenvalue weighted by molar-refractivity contribution is -0.123. The van der Waals surface area contributed by atoms with E-state index in [1.54, 1.807) is 30.3 Å². The van der Waals surface area contributed by atoms with Gasteiger partial charge >= 0.3 is 5.97 Å². The van der Waals surface area contributed by atoms with Crippen LogP contribution < -0.4 is 19.5 Å². The van der Waals surface area contributed by atoms with Crippen molar-refractivity contribution >= 4 is 27.6 Å². The van der Waals surface area contributed by atoms with Crippen LogP contribution in [0.25, 0.3) is 0 Å². The molecule has 0 radical (unpaired) electrons. The second kappa shape index (κ2) is 11.5. The lowest BCUT2D eigenvalue weighted by atomic mass is 10.2. The average molecular weight is 499 g/mol. The third-order valence-electron chi connectivity index (χ3n) is 5.01. The highest BCUT2D eigenvalue weighted by Gasteiger charge is 2.22. The smallest absolute Gasteiger partial charge is 0.338 e. The van der Waals surface area contributed by atoms with Crippen LogP contribution in [0.4, 0.5) is 5.69 Å². The van der Waals surface area contributed by atoms with E-state index in [2.05, 4.69) is 10.0 Å². The molecule has 0 aliphatic rings. The number of anilines is 1. The quantitative estimate of drug-likeness (QED) is 0.411. The zero-order valence-corrected chi connectivity index (χ0v) is 20.3. The summed E-state index contributed by atoms with van der Waals surface area (Å²) in [5.74, 6) is -0.535. The minimum atomic E-state index is -3.88. The number of benzene rings is 3. The van der Waals surface area contributed by atoms with Crippen LogP contribution >= 0.6 is 0 Å². The summed E-state index contributed by atoms with van der Waals surface area (Å²) >= 11 is 0. The summed E-state index contributed by atoms with van der Waals surface area (Å²) in [4.78, 5) is 25.1. The van der Waals surface area contributed by atoms with Gasteiger partial charge in [-0.05, 0) is 42.8 Å². The Morgan fingerprint density at radius 1 is 0.914 bits per heavy atom. The Morgan fingerprint density at radius 3 is 2.34 bits per heavy atom. The van der Waals surface area contributed by atoms with Gasteiger partial charge in [-0.2, -0.15) is 0 Å². The summed E-state index contributed by atoms with van der Waals surface area (Å²) in [6.45, 7) is 1.50. The van der Waals surface area contributed by atoms with E-state index < -0.39 is 28.0 Å². The van der Waals surface area contributed by atoms with Crippen molar-refractivity contribution in [3.05, 3.63) is 83.9 Å². The largest absolute Gasteiger partial charge is 0.497 e. The molecule has 1 unspecified atom stereocenters. The number of rotatable bonds is 10. The molecule has 0 saturated heterocycles. The third-order valence-corrected chi connectivity index (χ3v) is 6.41. The number of hydrogen-bond donors (Lipinski definition) is 2. The van der Waals surface area contributed by atoms with Gasteiger partial charge in [-0.1, -0.05) is 36.4 Å². The standard InChI is InChI=1S/C25H26N2O7S/c1-17(24(28)27-22-15-20(32-2)12-13-23(22)33-3)34-25(29)19-10-7-11-21(14-19)35(30,31)26-16-18-8-5-4-6-9-18/h4-15,17,26H,16H2,1-3H3,(H,27,28). The first-order chi connectivity index (χ1) is 16.7. The molecule has 35 heavy (non-hydrogen) atoms. The van der Waals surface area contributed by atoms with Crippen LogP contribution in [0, 0.1) is 0 Å². The maximum Gasteiger partial charge on any atom is 0.338 e. The van der Waals surface area contributed by atoms with Gasteiger partial charge in [0.15, 0.2) is 6.10 Å². The van der Waals surface area contributed by atoms with E-state index in [9.17, 15) is 18.0 Å². The molecule has 184 valence electrons. The molecule has 1 atom stereocenters. The SMILES string of the molecule is COc1ccc(OC)c(NC(=O)C(C)OC(=O)c2cccc(S(=O)(=O)NCc3ccccc3)c2)c1. The molecule has 2 N–H and O–H groups in total. The van der Waals surface area contributed by atoms with E-state index in [-0.39, 0.29) is 17.0 Å². The van der Waals surface area contributed by atoms with Crippen molar-refractivity contribution in [2.45, 2.75) is 24.5 Å². The second-order valence-corrected chi connectivity index (χ2v) is 9.21. The molecule has 0 bridgehead atoms. The molecule has 9 nitrogen and oxygen atoms in total. The van der Waals surface area contributed by atoms with Crippen molar-refractivity contribution in [3.8, 4) is 11.5 Å². The molecular weight excluding hydrogens is 472 g/mol. The van der Waals surface area contributed by atoms with Crippen LogP contribution in [-0.2, 0) is 26.1 Å². The summed E-state index contributed by atoms with van der Waals surface area (Å²) in [7, 11) is -0.933. The van der Waals surface area contributed by atoms with E-state index in [0.717, 1.165) is 5.56 Å². The van der Waals surface area contributed by atoms with Crippen LogP contribution in [0.5, 0.6) is 11.5 Å². The van der Waals surface area contributed by atoms with E-state index in [1.807, 2.05) is 18.2 Å². The van der Waals surface area contributed by atoms with Gasteiger partial charge in [0.2, 0.25) is 10.0 Å². The molecule has 10 heteroatoms. The van der Waals surface area contributed by atoms with E-state index in [0.29, 0.717) is 17.2 Å². The first kappa shape index (κ1) is 25.7. The topological polar surface area (TPSA) is 120 Å². The van der Waals surface area contributed by atoms with Crippen molar-refractivity contribution in [1.82, 2.24) is 4.72 Å². The van der Waals surface area contributed by atoms with Crippen molar-refractivity contribution < 1.29 is 32.2 Å². The average Bonchev–Trinajstić information content (AvgIpc) is 2.88. The number of sulfonamides is 1. The first-order valence-corrected chi connectivity index (χ1v) is 12.1. The van der Waals surface area contributed by atoms with Crippen molar-refractivity contribution in [1.29, 1.82) is 0 Å². The Morgan fingerprint density at radius 2 is 1.66 bits per heavy atom. The number of ether oxygens (including phenoxy) is 3. The van der Waals surface area contributed by atoms with Crippen molar-refractivity contribution in [2.24, 2.45) is 0 Å². The van der Waals surface area contributed by atoms with Crippen LogP contribution in [0.15, 0.2) is 77.7 Å². The van der Waals surface area contributed by atoms with Gasteiger partial charge in [0, 0.05) is 12.6 Å². The fourth-order valence-corrected chi connectivity index (χ4v) is 4.14. The van der Waals surface area contributed by atoms with Gasteiger partial charge in [0.05, 0.1) is 30.4 Å². The number of nitrogens with one attached hydrogen (secondary N) is 2. The molecule has 0 aliphatic carbocycles. The highest BCUT2D eigenvalue weighted by Crippen LogP contribution is 2.29. The summed E-state index contributed by atoms with van der Waals surface area (Å²) in [6, 6.07) is 19.3. The molecule has 0 heterocycles. The molecule has 3 rings (SSSR count). The Bertz CT molecular complexity index is 1290. The van der Waals surface area contributed by atoms with Gasteiger partial charge < -0.3 is 19.5 Å². The summed E-state index contributed by atoms with van der Waals surface area (Å²) in [6.07, 6.45) is -1.17. The maximum atomic E-state index is 12.7. The molecule has 3 aromatic rings. The number of esters is 1. The van der Waals surface area contributed by atoms with Gasteiger partial charge in [-0.15, -0.1) is 0 Å². The molecule has 0 aliphatic heterocycles. The normalized spacial score (nSPS) is 11.9. The van der Waals surface area contributed by atoms with E-state index in [4.69, 9.17) is 14.2 Å². The first-order valence-electron chi connectivity index (χ1n) is 10.6. The van der Waals surface area contributed by atoms with Crippen LogP contribution in [-0.4, -0.2) is 40.6 Å². The molecule has 0 spiro atoms. The van der Waals surface area contributed by atoms with Gasteiger partial charge in [0.1, 0.15) is 11.5 Å². The summed E-state index contributed by atoms with van der Waals surface area (Å²) in [5, 5.41) is 2.63. The number of carbonyl (C=O) groups excluding carboxylic acids is 2. The Balaban J connectivity index is 1.66. The number of hydrogen-bond acceptors (Lipinski definition) is 7. The van der Waals surface area contributed by atoms with Crippen LogP contribution in [0.1, 0.15) is 22.8 Å². The predicted octanol–water partition coefficient (Wildman–Crippen LogP) is 3.37. The predicted molar refractivity (Wildman–Crippen MR) is 130 cm³/mol. The van der Waals surface area contributed by atoms with Crippen molar-refractivity contribution in [2.75, 3.05) is 19.5 Å². The third kappa shape index (κ3) is 6.81. The molecule has 0 aromatic heterocycles. The Hall–Kier alpha value is -3.89. The monoisotopic (exact) mass is 498 g/mol. The second-order valence-electron chi connectivity index (χ2n) is 7.44. The van der Waals surface area contributed by atoms with Crippen LogP contribution in [0.2, 0.25) is 0 Å². The van der Waals surface area contributed by atoms with Crippen molar-refractivity contribution in [3.63, 3.8) is 0 Å². The molecule has 1 amide bonds. The van der Waals surface area contributed by atoms with Gasteiger partial charge in [0.25, 0.3) is 5.91 Å². The number of amides is 1. The molecular formula is C25H26N2O7S.